The Balaban J connectivity index is 1.90. The zero-order chi connectivity index (χ0) is 26.4. The van der Waals surface area contributed by atoms with E-state index in [9.17, 15) is 14.9 Å². The molecule has 1 atom stereocenters. The lowest BCUT2D eigenvalue weighted by molar-refractivity contribution is -0.116. The zero-order valence-corrected chi connectivity index (χ0v) is 21.4. The summed E-state index contributed by atoms with van der Waals surface area (Å²) in [6, 6.07) is 25.4. The minimum Gasteiger partial charge on any atom is -0.493 e. The maximum Gasteiger partial charge on any atom is 0.273 e. The molecule has 0 radical (unpaired) electrons. The van der Waals surface area contributed by atoms with E-state index in [1.165, 1.54) is 11.7 Å². The van der Waals surface area contributed by atoms with Crippen molar-refractivity contribution in [2.75, 3.05) is 14.2 Å². The average molecular weight is 512 g/mol. The monoisotopic (exact) mass is 511 g/mol. The summed E-state index contributed by atoms with van der Waals surface area (Å²) in [6.45, 7) is 1.84. The first-order valence-corrected chi connectivity index (χ1v) is 12.3. The second-order valence-electron chi connectivity index (χ2n) is 8.10. The minimum atomic E-state index is -0.553. The van der Waals surface area contributed by atoms with E-state index in [2.05, 4.69) is 5.32 Å². The molecular weight excluding hydrogens is 486 g/mol. The van der Waals surface area contributed by atoms with Gasteiger partial charge < -0.3 is 14.8 Å². The number of benzene rings is 3. The molecule has 0 fully saturated rings. The topological polar surface area (TPSA) is 93.4 Å². The summed E-state index contributed by atoms with van der Waals surface area (Å²) in [5, 5.41) is 12.9. The molecule has 7 nitrogen and oxygen atoms in total. The van der Waals surface area contributed by atoms with Crippen molar-refractivity contribution in [3.8, 4) is 23.3 Å². The van der Waals surface area contributed by atoms with Crippen molar-refractivity contribution in [3.63, 3.8) is 0 Å². The van der Waals surface area contributed by atoms with Gasteiger partial charge in [-0.05, 0) is 48.4 Å². The molecule has 0 bridgehead atoms. The number of rotatable bonds is 7. The summed E-state index contributed by atoms with van der Waals surface area (Å²) in [7, 11) is 3.09. The van der Waals surface area contributed by atoms with E-state index in [4.69, 9.17) is 9.47 Å². The molecule has 186 valence electrons. The maximum absolute atomic E-state index is 13.6. The number of nitrogens with zero attached hydrogens (tertiary/aromatic N) is 2. The summed E-state index contributed by atoms with van der Waals surface area (Å²) < 4.78 is 12.7. The molecule has 1 amide bonds. The highest BCUT2D eigenvalue weighted by Crippen LogP contribution is 2.27. The van der Waals surface area contributed by atoms with Gasteiger partial charge in [-0.25, -0.2) is 0 Å². The van der Waals surface area contributed by atoms with Crippen LogP contribution in [0.4, 0.5) is 0 Å². The van der Waals surface area contributed by atoms with Crippen LogP contribution < -0.4 is 29.5 Å². The molecule has 1 aromatic heterocycles. The molecule has 1 unspecified atom stereocenters. The third kappa shape index (κ3) is 5.47. The first-order valence-electron chi connectivity index (χ1n) is 11.5. The van der Waals surface area contributed by atoms with Crippen molar-refractivity contribution >= 4 is 28.9 Å². The molecule has 37 heavy (non-hydrogen) atoms. The van der Waals surface area contributed by atoms with Crippen LogP contribution in [-0.4, -0.2) is 24.7 Å². The Morgan fingerprint density at radius 3 is 2.27 bits per heavy atom. The number of methoxy groups -OCH3 is 2. The van der Waals surface area contributed by atoms with Crippen LogP contribution in [0.15, 0.2) is 83.7 Å². The Bertz CT molecular complexity index is 1630. The van der Waals surface area contributed by atoms with Gasteiger partial charge in [-0.15, -0.1) is 11.3 Å². The summed E-state index contributed by atoms with van der Waals surface area (Å²) >= 11 is 1.09. The van der Waals surface area contributed by atoms with E-state index >= 15 is 0 Å². The summed E-state index contributed by atoms with van der Waals surface area (Å²) in [6.07, 6.45) is 1.71. The zero-order valence-electron chi connectivity index (χ0n) is 20.6. The van der Waals surface area contributed by atoms with Crippen LogP contribution in [0, 0.1) is 11.3 Å². The van der Waals surface area contributed by atoms with Crippen LogP contribution in [0.3, 0.4) is 0 Å². The third-order valence-corrected chi connectivity index (χ3v) is 6.84. The summed E-state index contributed by atoms with van der Waals surface area (Å²) in [5.74, 6) is 0.537. The molecule has 0 aliphatic rings. The number of aromatic nitrogens is 1. The number of hydrogen-bond donors (Lipinski definition) is 1. The molecule has 4 rings (SSSR count). The van der Waals surface area contributed by atoms with Crippen LogP contribution in [0.25, 0.3) is 17.3 Å². The normalized spacial score (nSPS) is 12.9. The van der Waals surface area contributed by atoms with Crippen LogP contribution >= 0.6 is 11.3 Å². The van der Waals surface area contributed by atoms with E-state index < -0.39 is 5.91 Å². The number of nitrogens with one attached hydrogen (secondary N) is 1. The number of carbonyl (C=O) groups excluding carboxylic acids is 1. The van der Waals surface area contributed by atoms with E-state index in [0.29, 0.717) is 27.3 Å². The van der Waals surface area contributed by atoms with Crippen molar-refractivity contribution in [1.29, 1.82) is 5.26 Å². The van der Waals surface area contributed by atoms with Gasteiger partial charge in [0.15, 0.2) is 17.1 Å². The molecule has 3 aromatic carbocycles. The number of ether oxygens (including phenoxy) is 2. The van der Waals surface area contributed by atoms with Crippen molar-refractivity contribution in [2.24, 2.45) is 0 Å². The fourth-order valence-electron chi connectivity index (χ4n) is 3.85. The van der Waals surface area contributed by atoms with Gasteiger partial charge in [0.2, 0.25) is 0 Å². The Hall–Kier alpha value is -4.61. The predicted octanol–water partition coefficient (Wildman–Crippen LogP) is 3.30. The van der Waals surface area contributed by atoms with Gasteiger partial charge in [-0.2, -0.15) is 5.26 Å². The summed E-state index contributed by atoms with van der Waals surface area (Å²) in [5.41, 5.74) is 1.70. The number of nitriles is 1. The molecule has 0 saturated heterocycles. The number of hydrogen-bond acceptors (Lipinski definition) is 6. The number of amides is 1. The van der Waals surface area contributed by atoms with Gasteiger partial charge in [-0.1, -0.05) is 54.6 Å². The molecule has 8 heteroatoms. The molecule has 1 N–H and O–H groups in total. The van der Waals surface area contributed by atoms with Gasteiger partial charge in [0.25, 0.3) is 11.5 Å². The molecule has 1 heterocycles. The highest BCUT2D eigenvalue weighted by molar-refractivity contribution is 7.07. The second kappa shape index (κ2) is 11.4. The van der Waals surface area contributed by atoms with Crippen molar-refractivity contribution in [2.45, 2.75) is 13.0 Å². The number of para-hydroxylation sites is 1. The minimum absolute atomic E-state index is 0.138. The standard InChI is InChI=1S/C29H25N3O4S/c1-19(21-10-6-4-7-11-21)31-27(33)23(18-30)29-32(22-12-8-5-9-13-22)28(34)26(37-29)17-20-14-15-24(35-2)25(16-20)36-3/h4-17,19H,1-3H3,(H,31,33)/b26-17+,29-23+. The van der Waals surface area contributed by atoms with Gasteiger partial charge in [0, 0.05) is 0 Å². The Morgan fingerprint density at radius 2 is 1.65 bits per heavy atom. The molecule has 0 spiro atoms. The quantitative estimate of drug-likeness (QED) is 0.411. The number of carbonyl (C=O) groups is 1. The molecule has 0 aliphatic heterocycles. The Kier molecular flexibility index (Phi) is 7.86. The first kappa shape index (κ1) is 25.5. The Morgan fingerprint density at radius 1 is 1.00 bits per heavy atom. The molecule has 4 aromatic rings. The lowest BCUT2D eigenvalue weighted by Gasteiger charge is -2.13. The van der Waals surface area contributed by atoms with Gasteiger partial charge in [0.05, 0.1) is 30.5 Å². The highest BCUT2D eigenvalue weighted by Gasteiger charge is 2.19. The number of thiazole rings is 1. The first-order chi connectivity index (χ1) is 18.0. The van der Waals surface area contributed by atoms with Crippen LogP contribution in [0.5, 0.6) is 11.5 Å². The van der Waals surface area contributed by atoms with E-state index in [-0.39, 0.29) is 21.8 Å². The van der Waals surface area contributed by atoms with E-state index in [1.54, 1.807) is 55.7 Å². The smallest absolute Gasteiger partial charge is 0.273 e. The predicted molar refractivity (Wildman–Crippen MR) is 144 cm³/mol. The summed E-state index contributed by atoms with van der Waals surface area (Å²) in [4.78, 5) is 26.8. The molecule has 0 saturated carbocycles. The van der Waals surface area contributed by atoms with Crippen LogP contribution in [0.1, 0.15) is 24.1 Å². The van der Waals surface area contributed by atoms with Crippen LogP contribution in [-0.2, 0) is 4.79 Å². The average Bonchev–Trinajstić information content (AvgIpc) is 3.24. The fraction of sp³-hybridized carbons (Fsp3) is 0.138. The van der Waals surface area contributed by atoms with Gasteiger partial charge >= 0.3 is 0 Å². The Labute approximate surface area is 218 Å². The van der Waals surface area contributed by atoms with Gasteiger partial charge in [0.1, 0.15) is 10.7 Å². The maximum atomic E-state index is 13.6. The van der Waals surface area contributed by atoms with Crippen LogP contribution in [0.2, 0.25) is 0 Å². The fourth-order valence-corrected chi connectivity index (χ4v) is 4.95. The van der Waals surface area contributed by atoms with E-state index in [0.717, 1.165) is 16.9 Å². The highest BCUT2D eigenvalue weighted by atomic mass is 32.1. The lowest BCUT2D eigenvalue weighted by Crippen LogP contribution is -2.34. The van der Waals surface area contributed by atoms with Gasteiger partial charge in [-0.3, -0.25) is 14.2 Å². The van der Waals surface area contributed by atoms with Crippen molar-refractivity contribution < 1.29 is 14.3 Å². The SMILES string of the molecule is COc1ccc(/C=c2/s/c(=C(\C#N)C(=O)NC(C)c3ccccc3)n(-c3ccccc3)c2=O)cc1OC. The lowest BCUT2D eigenvalue weighted by atomic mass is 10.1. The third-order valence-electron chi connectivity index (χ3n) is 5.74. The van der Waals surface area contributed by atoms with Crippen molar-refractivity contribution in [1.82, 2.24) is 9.88 Å². The molecule has 0 aliphatic carbocycles. The van der Waals surface area contributed by atoms with E-state index in [1.807, 2.05) is 49.4 Å². The van der Waals surface area contributed by atoms with Crippen molar-refractivity contribution in [3.05, 3.63) is 110 Å². The molecular formula is C29H25N3O4S. The second-order valence-corrected chi connectivity index (χ2v) is 9.13. The largest absolute Gasteiger partial charge is 0.493 e.